The van der Waals surface area contributed by atoms with Gasteiger partial charge in [-0.05, 0) is 18.2 Å². The largest absolute Gasteiger partial charge is 0.481 e. The van der Waals surface area contributed by atoms with Crippen LogP contribution in [0.2, 0.25) is 5.02 Å². The van der Waals surface area contributed by atoms with Crippen molar-refractivity contribution in [1.82, 2.24) is 10.2 Å². The highest BCUT2D eigenvalue weighted by Gasteiger charge is 2.35. The van der Waals surface area contributed by atoms with Gasteiger partial charge >= 0.3 is 5.97 Å². The highest BCUT2D eigenvalue weighted by Crippen LogP contribution is 2.21. The number of carboxylic acids is 1. The number of halogens is 2. The average molecular weight is 315 g/mol. The number of benzene rings is 1. The molecule has 0 saturated carbocycles. The summed E-state index contributed by atoms with van der Waals surface area (Å²) in [5.41, 5.74) is 0.0307. The fourth-order valence-electron chi connectivity index (χ4n) is 2.14. The van der Waals surface area contributed by atoms with Crippen LogP contribution in [-0.4, -0.2) is 46.9 Å². The van der Waals surface area contributed by atoms with E-state index in [1.54, 1.807) is 0 Å². The Morgan fingerprint density at radius 2 is 2.19 bits per heavy atom. The Hall–Kier alpha value is -2.15. The SMILES string of the molecule is O=C(O)CC1C(=O)NCCN1C(=O)c1ccc(F)cc1Cl. The van der Waals surface area contributed by atoms with Gasteiger partial charge in [-0.2, -0.15) is 0 Å². The lowest BCUT2D eigenvalue weighted by atomic mass is 10.1. The molecule has 1 heterocycles. The third kappa shape index (κ3) is 3.30. The lowest BCUT2D eigenvalue weighted by Crippen LogP contribution is -2.57. The zero-order valence-electron chi connectivity index (χ0n) is 10.8. The van der Waals surface area contributed by atoms with Crippen molar-refractivity contribution in [3.05, 3.63) is 34.6 Å². The summed E-state index contributed by atoms with van der Waals surface area (Å²) < 4.78 is 13.0. The van der Waals surface area contributed by atoms with Crippen LogP contribution >= 0.6 is 11.6 Å². The molecular formula is C13H12ClFN2O4. The summed E-state index contributed by atoms with van der Waals surface area (Å²) in [4.78, 5) is 36.1. The van der Waals surface area contributed by atoms with Crippen LogP contribution in [0.3, 0.4) is 0 Å². The van der Waals surface area contributed by atoms with Crippen molar-refractivity contribution in [2.24, 2.45) is 0 Å². The maximum atomic E-state index is 13.0. The monoisotopic (exact) mass is 314 g/mol. The quantitative estimate of drug-likeness (QED) is 0.867. The van der Waals surface area contributed by atoms with E-state index in [4.69, 9.17) is 16.7 Å². The van der Waals surface area contributed by atoms with E-state index in [2.05, 4.69) is 5.32 Å². The maximum Gasteiger partial charge on any atom is 0.305 e. The first-order valence-corrected chi connectivity index (χ1v) is 6.53. The summed E-state index contributed by atoms with van der Waals surface area (Å²) in [6, 6.07) is 2.18. The van der Waals surface area contributed by atoms with Crippen LogP contribution in [0, 0.1) is 5.82 Å². The van der Waals surface area contributed by atoms with E-state index in [1.807, 2.05) is 0 Å². The molecule has 112 valence electrons. The summed E-state index contributed by atoms with van der Waals surface area (Å²) >= 11 is 5.83. The van der Waals surface area contributed by atoms with E-state index in [9.17, 15) is 18.8 Å². The molecule has 1 aliphatic rings. The maximum absolute atomic E-state index is 13.0. The first-order chi connectivity index (χ1) is 9.90. The van der Waals surface area contributed by atoms with Crippen molar-refractivity contribution in [1.29, 1.82) is 0 Å². The molecule has 1 aromatic rings. The van der Waals surface area contributed by atoms with E-state index >= 15 is 0 Å². The lowest BCUT2D eigenvalue weighted by molar-refractivity contribution is -0.142. The van der Waals surface area contributed by atoms with Gasteiger partial charge in [0, 0.05) is 13.1 Å². The molecule has 1 unspecified atom stereocenters. The molecular weight excluding hydrogens is 303 g/mol. The number of carboxylic acid groups (broad SMARTS) is 1. The molecule has 2 amide bonds. The zero-order chi connectivity index (χ0) is 15.6. The molecule has 6 nitrogen and oxygen atoms in total. The number of nitrogens with one attached hydrogen (secondary N) is 1. The standard InChI is InChI=1S/C13H12ClFN2O4/c14-9-5-7(15)1-2-8(9)13(21)17-4-3-16-12(20)10(17)6-11(18)19/h1-2,5,10H,3-4,6H2,(H,16,20)(H,18,19). The third-order valence-electron chi connectivity index (χ3n) is 3.12. The average Bonchev–Trinajstić information content (AvgIpc) is 2.40. The van der Waals surface area contributed by atoms with Gasteiger partial charge in [0.05, 0.1) is 17.0 Å². The Kier molecular flexibility index (Phi) is 4.42. The van der Waals surface area contributed by atoms with Gasteiger partial charge in [-0.25, -0.2) is 4.39 Å². The topological polar surface area (TPSA) is 86.7 Å². The molecule has 0 aliphatic carbocycles. The van der Waals surface area contributed by atoms with Gasteiger partial charge in [0.1, 0.15) is 11.9 Å². The van der Waals surface area contributed by atoms with Crippen LogP contribution < -0.4 is 5.32 Å². The number of amides is 2. The Bertz CT molecular complexity index is 608. The Morgan fingerprint density at radius 1 is 1.48 bits per heavy atom. The number of hydrogen-bond donors (Lipinski definition) is 2. The fraction of sp³-hybridized carbons (Fsp3) is 0.308. The van der Waals surface area contributed by atoms with Gasteiger partial charge in [0.25, 0.3) is 5.91 Å². The lowest BCUT2D eigenvalue weighted by Gasteiger charge is -2.34. The van der Waals surface area contributed by atoms with Crippen molar-refractivity contribution in [3.8, 4) is 0 Å². The fourth-order valence-corrected chi connectivity index (χ4v) is 2.39. The van der Waals surface area contributed by atoms with Gasteiger partial charge < -0.3 is 15.3 Å². The van der Waals surface area contributed by atoms with Crippen LogP contribution in [0.4, 0.5) is 4.39 Å². The predicted molar refractivity (Wildman–Crippen MR) is 71.5 cm³/mol. The Labute approximate surface area is 124 Å². The normalized spacial score (nSPS) is 18.3. The minimum absolute atomic E-state index is 0.0307. The molecule has 1 fully saturated rings. The summed E-state index contributed by atoms with van der Waals surface area (Å²) in [6.07, 6.45) is -0.504. The van der Waals surface area contributed by atoms with Crippen molar-refractivity contribution < 1.29 is 23.9 Å². The first-order valence-electron chi connectivity index (χ1n) is 6.15. The Morgan fingerprint density at radius 3 is 2.81 bits per heavy atom. The van der Waals surface area contributed by atoms with E-state index in [0.717, 1.165) is 17.0 Å². The molecule has 21 heavy (non-hydrogen) atoms. The summed E-state index contributed by atoms with van der Waals surface area (Å²) in [7, 11) is 0. The second-order valence-corrected chi connectivity index (χ2v) is 4.93. The first kappa shape index (κ1) is 15.2. The third-order valence-corrected chi connectivity index (χ3v) is 3.43. The van der Waals surface area contributed by atoms with Gasteiger partial charge in [0.2, 0.25) is 5.91 Å². The van der Waals surface area contributed by atoms with Crippen LogP contribution in [0.5, 0.6) is 0 Å². The molecule has 1 atom stereocenters. The van der Waals surface area contributed by atoms with Crippen LogP contribution in [-0.2, 0) is 9.59 Å². The zero-order valence-corrected chi connectivity index (χ0v) is 11.6. The van der Waals surface area contributed by atoms with E-state index < -0.39 is 36.1 Å². The number of hydrogen-bond acceptors (Lipinski definition) is 3. The van der Waals surface area contributed by atoms with Crippen LogP contribution in [0.1, 0.15) is 16.8 Å². The number of rotatable bonds is 3. The molecule has 1 aromatic carbocycles. The molecule has 0 spiro atoms. The minimum Gasteiger partial charge on any atom is -0.481 e. The van der Waals surface area contributed by atoms with Gasteiger partial charge in [-0.3, -0.25) is 14.4 Å². The molecule has 1 aliphatic heterocycles. The van der Waals surface area contributed by atoms with Gasteiger partial charge in [-0.15, -0.1) is 0 Å². The molecule has 8 heteroatoms. The second kappa shape index (κ2) is 6.09. The molecule has 1 saturated heterocycles. The van der Waals surface area contributed by atoms with E-state index in [1.165, 1.54) is 6.07 Å². The highest BCUT2D eigenvalue weighted by molar-refractivity contribution is 6.33. The summed E-state index contributed by atoms with van der Waals surface area (Å²) in [6.45, 7) is 0.385. The number of carbonyl (C=O) groups excluding carboxylic acids is 2. The van der Waals surface area contributed by atoms with Crippen LogP contribution in [0.15, 0.2) is 18.2 Å². The number of nitrogens with zero attached hydrogens (tertiary/aromatic N) is 1. The molecule has 0 bridgehead atoms. The van der Waals surface area contributed by atoms with E-state index in [-0.39, 0.29) is 23.7 Å². The number of aliphatic carboxylic acids is 1. The van der Waals surface area contributed by atoms with Crippen molar-refractivity contribution in [2.75, 3.05) is 13.1 Å². The molecule has 2 rings (SSSR count). The van der Waals surface area contributed by atoms with Crippen molar-refractivity contribution in [2.45, 2.75) is 12.5 Å². The van der Waals surface area contributed by atoms with Crippen molar-refractivity contribution >= 4 is 29.4 Å². The highest BCUT2D eigenvalue weighted by atomic mass is 35.5. The van der Waals surface area contributed by atoms with Crippen LogP contribution in [0.25, 0.3) is 0 Å². The smallest absolute Gasteiger partial charge is 0.305 e. The number of piperazine rings is 1. The summed E-state index contributed by atoms with van der Waals surface area (Å²) in [5.74, 6) is -2.91. The summed E-state index contributed by atoms with van der Waals surface area (Å²) in [5, 5.41) is 11.3. The van der Waals surface area contributed by atoms with Crippen molar-refractivity contribution in [3.63, 3.8) is 0 Å². The second-order valence-electron chi connectivity index (χ2n) is 4.53. The molecule has 2 N–H and O–H groups in total. The number of carbonyl (C=O) groups is 3. The minimum atomic E-state index is -1.19. The molecule has 0 aromatic heterocycles. The van der Waals surface area contributed by atoms with Gasteiger partial charge in [-0.1, -0.05) is 11.6 Å². The Balaban J connectivity index is 2.30. The molecule has 0 radical (unpaired) electrons. The van der Waals surface area contributed by atoms with Gasteiger partial charge in [0.15, 0.2) is 0 Å². The van der Waals surface area contributed by atoms with E-state index in [0.29, 0.717) is 0 Å². The predicted octanol–water partition coefficient (Wildman–Crippen LogP) is 0.894.